The summed E-state index contributed by atoms with van der Waals surface area (Å²) < 4.78 is 38.7. The molecular formula is C15H17F3N2O2S. The largest absolute Gasteiger partial charge is 0.416 e. The highest BCUT2D eigenvalue weighted by atomic mass is 32.1. The molecular weight excluding hydrogens is 329 g/mol. The average molecular weight is 346 g/mol. The summed E-state index contributed by atoms with van der Waals surface area (Å²) in [4.78, 5) is 15.8. The Balaban J connectivity index is 1.97. The molecule has 2 N–H and O–H groups in total. The second-order valence-corrected chi connectivity index (χ2v) is 6.49. The first-order chi connectivity index (χ1) is 10.8. The van der Waals surface area contributed by atoms with Crippen molar-refractivity contribution in [2.24, 2.45) is 5.92 Å². The third kappa shape index (κ3) is 4.90. The molecule has 23 heavy (non-hydrogen) atoms. The third-order valence-electron chi connectivity index (χ3n) is 3.28. The highest BCUT2D eigenvalue weighted by Crippen LogP contribution is 2.33. The van der Waals surface area contributed by atoms with Gasteiger partial charge in [-0.05, 0) is 24.1 Å². The molecule has 0 spiro atoms. The van der Waals surface area contributed by atoms with Gasteiger partial charge in [0.15, 0.2) is 0 Å². The molecule has 0 aliphatic heterocycles. The monoisotopic (exact) mass is 346 g/mol. The van der Waals surface area contributed by atoms with Crippen molar-refractivity contribution >= 4 is 27.5 Å². The van der Waals surface area contributed by atoms with Gasteiger partial charge in [0.2, 0.25) is 5.91 Å². The topological polar surface area (TPSA) is 62.2 Å². The van der Waals surface area contributed by atoms with Gasteiger partial charge in [-0.15, -0.1) is 11.3 Å². The van der Waals surface area contributed by atoms with Crippen molar-refractivity contribution in [2.45, 2.75) is 25.9 Å². The molecule has 1 heterocycles. The molecule has 0 fully saturated rings. The second kappa shape index (κ2) is 7.27. The predicted molar refractivity (Wildman–Crippen MR) is 82.2 cm³/mol. The van der Waals surface area contributed by atoms with E-state index in [9.17, 15) is 18.0 Å². The van der Waals surface area contributed by atoms with Crippen LogP contribution in [0.4, 0.5) is 13.2 Å². The zero-order valence-electron chi connectivity index (χ0n) is 12.5. The van der Waals surface area contributed by atoms with Crippen molar-refractivity contribution in [1.29, 1.82) is 0 Å². The maximum Gasteiger partial charge on any atom is 0.416 e. The molecule has 2 rings (SSSR count). The Morgan fingerprint density at radius 1 is 1.43 bits per heavy atom. The Morgan fingerprint density at radius 3 is 2.83 bits per heavy atom. The number of hydrogen-bond donors (Lipinski definition) is 2. The quantitative estimate of drug-likeness (QED) is 0.845. The molecule has 1 unspecified atom stereocenters. The molecule has 0 radical (unpaired) electrons. The maximum atomic E-state index is 12.7. The fourth-order valence-electron chi connectivity index (χ4n) is 1.92. The minimum absolute atomic E-state index is 0.000309. The Morgan fingerprint density at radius 2 is 2.17 bits per heavy atom. The van der Waals surface area contributed by atoms with Gasteiger partial charge in [-0.2, -0.15) is 13.2 Å². The molecule has 0 saturated heterocycles. The standard InChI is InChI=1S/C15H17F3N2O2S/c1-9(8-21)7-19-13(22)4-5-14-20-11-6-10(15(16,17)18)2-3-12(11)23-14/h2-3,6,9,21H,4-5,7-8H2,1H3,(H,19,22). The summed E-state index contributed by atoms with van der Waals surface area (Å²) in [5.74, 6) is -0.178. The SMILES string of the molecule is CC(CO)CNC(=O)CCc1nc2cc(C(F)(F)F)ccc2s1. The summed E-state index contributed by atoms with van der Waals surface area (Å²) in [5, 5.41) is 12.2. The van der Waals surface area contributed by atoms with Crippen molar-refractivity contribution in [3.63, 3.8) is 0 Å². The lowest BCUT2D eigenvalue weighted by Crippen LogP contribution is -2.29. The van der Waals surface area contributed by atoms with Gasteiger partial charge in [-0.25, -0.2) is 4.98 Å². The van der Waals surface area contributed by atoms with Crippen LogP contribution in [0.1, 0.15) is 23.9 Å². The first-order valence-corrected chi connectivity index (χ1v) is 7.95. The number of alkyl halides is 3. The number of carbonyl (C=O) groups excluding carboxylic acids is 1. The van der Waals surface area contributed by atoms with Crippen LogP contribution in [-0.2, 0) is 17.4 Å². The van der Waals surface area contributed by atoms with Crippen LogP contribution in [0.25, 0.3) is 10.2 Å². The third-order valence-corrected chi connectivity index (χ3v) is 4.38. The summed E-state index contributed by atoms with van der Waals surface area (Å²) >= 11 is 1.29. The summed E-state index contributed by atoms with van der Waals surface area (Å²) in [6.07, 6.45) is -3.80. The Hall–Kier alpha value is -1.67. The lowest BCUT2D eigenvalue weighted by Gasteiger charge is -2.08. The van der Waals surface area contributed by atoms with E-state index in [0.717, 1.165) is 12.1 Å². The van der Waals surface area contributed by atoms with Gasteiger partial charge in [-0.1, -0.05) is 6.92 Å². The lowest BCUT2D eigenvalue weighted by molar-refractivity contribution is -0.137. The van der Waals surface area contributed by atoms with Crippen LogP contribution in [0.3, 0.4) is 0 Å². The van der Waals surface area contributed by atoms with E-state index in [2.05, 4.69) is 10.3 Å². The first kappa shape index (κ1) is 17.7. The first-order valence-electron chi connectivity index (χ1n) is 7.14. The van der Waals surface area contributed by atoms with Crippen molar-refractivity contribution in [2.75, 3.05) is 13.2 Å². The van der Waals surface area contributed by atoms with Crippen LogP contribution >= 0.6 is 11.3 Å². The average Bonchev–Trinajstić information content (AvgIpc) is 2.91. The number of nitrogens with one attached hydrogen (secondary N) is 1. The molecule has 1 atom stereocenters. The van der Waals surface area contributed by atoms with Gasteiger partial charge in [0.25, 0.3) is 0 Å². The normalized spacial score (nSPS) is 13.3. The Bertz CT molecular complexity index is 685. The number of hydrogen-bond acceptors (Lipinski definition) is 4. The summed E-state index contributed by atoms with van der Waals surface area (Å²) in [6.45, 7) is 2.20. The van der Waals surface area contributed by atoms with Gasteiger partial charge in [-0.3, -0.25) is 4.79 Å². The Labute approximate surface area is 135 Å². The van der Waals surface area contributed by atoms with Gasteiger partial charge >= 0.3 is 6.18 Å². The van der Waals surface area contributed by atoms with E-state index in [-0.39, 0.29) is 24.9 Å². The van der Waals surface area contributed by atoms with E-state index in [1.807, 2.05) is 6.92 Å². The molecule has 2 aromatic rings. The number of carbonyl (C=O) groups is 1. The lowest BCUT2D eigenvalue weighted by atomic mass is 10.2. The number of halogens is 3. The molecule has 4 nitrogen and oxygen atoms in total. The van der Waals surface area contributed by atoms with E-state index in [0.29, 0.717) is 28.2 Å². The number of aryl methyl sites for hydroxylation is 1. The van der Waals surface area contributed by atoms with Crippen molar-refractivity contribution in [3.8, 4) is 0 Å². The zero-order valence-corrected chi connectivity index (χ0v) is 13.3. The molecule has 1 aromatic heterocycles. The van der Waals surface area contributed by atoms with E-state index in [4.69, 9.17) is 5.11 Å². The van der Waals surface area contributed by atoms with E-state index in [1.165, 1.54) is 17.4 Å². The number of aliphatic hydroxyl groups is 1. The molecule has 8 heteroatoms. The molecule has 0 bridgehead atoms. The summed E-state index contributed by atoms with van der Waals surface area (Å²) in [5.41, 5.74) is -0.424. The number of aromatic nitrogens is 1. The number of thiazole rings is 1. The van der Waals surface area contributed by atoms with Crippen LogP contribution in [0.15, 0.2) is 18.2 Å². The van der Waals surface area contributed by atoms with E-state index >= 15 is 0 Å². The van der Waals surface area contributed by atoms with Gasteiger partial charge < -0.3 is 10.4 Å². The van der Waals surface area contributed by atoms with Crippen molar-refractivity contribution < 1.29 is 23.1 Å². The minimum Gasteiger partial charge on any atom is -0.396 e. The molecule has 1 aromatic carbocycles. The molecule has 0 aliphatic rings. The minimum atomic E-state index is -4.39. The van der Waals surface area contributed by atoms with E-state index < -0.39 is 11.7 Å². The number of rotatable bonds is 6. The van der Waals surface area contributed by atoms with E-state index in [1.54, 1.807) is 0 Å². The Kier molecular flexibility index (Phi) is 5.59. The van der Waals surface area contributed by atoms with Crippen molar-refractivity contribution in [1.82, 2.24) is 10.3 Å². The zero-order chi connectivity index (χ0) is 17.0. The van der Waals surface area contributed by atoms with Crippen LogP contribution in [0.2, 0.25) is 0 Å². The molecule has 0 aliphatic carbocycles. The fraction of sp³-hybridized carbons (Fsp3) is 0.467. The number of fused-ring (bicyclic) bond motifs is 1. The smallest absolute Gasteiger partial charge is 0.396 e. The van der Waals surface area contributed by atoms with Crippen molar-refractivity contribution in [3.05, 3.63) is 28.8 Å². The predicted octanol–water partition coefficient (Wildman–Crippen LogP) is 2.99. The number of aliphatic hydroxyl groups excluding tert-OH is 1. The van der Waals surface area contributed by atoms with Crippen LogP contribution < -0.4 is 5.32 Å². The van der Waals surface area contributed by atoms with Crippen LogP contribution in [0.5, 0.6) is 0 Å². The van der Waals surface area contributed by atoms with Gasteiger partial charge in [0.05, 0.1) is 20.8 Å². The van der Waals surface area contributed by atoms with Crippen LogP contribution in [0, 0.1) is 5.92 Å². The van der Waals surface area contributed by atoms with Gasteiger partial charge in [0.1, 0.15) is 0 Å². The van der Waals surface area contributed by atoms with Crippen LogP contribution in [-0.4, -0.2) is 29.1 Å². The highest BCUT2D eigenvalue weighted by Gasteiger charge is 2.30. The summed E-state index contributed by atoms with van der Waals surface area (Å²) in [6, 6.07) is 3.47. The number of nitrogens with zero attached hydrogens (tertiary/aromatic N) is 1. The fourth-order valence-corrected chi connectivity index (χ4v) is 2.87. The second-order valence-electron chi connectivity index (χ2n) is 5.38. The maximum absolute atomic E-state index is 12.7. The highest BCUT2D eigenvalue weighted by molar-refractivity contribution is 7.18. The summed E-state index contributed by atoms with van der Waals surface area (Å²) in [7, 11) is 0. The number of benzene rings is 1. The molecule has 126 valence electrons. The molecule has 0 saturated carbocycles. The molecule has 1 amide bonds. The van der Waals surface area contributed by atoms with Gasteiger partial charge in [0, 0.05) is 26.0 Å². The number of amides is 1.